The van der Waals surface area contributed by atoms with Crippen molar-refractivity contribution >= 4 is 47.4 Å². The third-order valence-corrected chi connectivity index (χ3v) is 3.99. The summed E-state index contributed by atoms with van der Waals surface area (Å²) in [6, 6.07) is 0. The fraction of sp³-hybridized carbons (Fsp3) is 0.706. The van der Waals surface area contributed by atoms with Crippen LogP contribution >= 0.6 is 35.3 Å². The molecule has 0 aliphatic heterocycles. The number of ether oxygens (including phenoxy) is 1. The van der Waals surface area contributed by atoms with Gasteiger partial charge in [-0.05, 0) is 41.5 Å². The van der Waals surface area contributed by atoms with Gasteiger partial charge in [0.25, 0.3) is 0 Å². The predicted octanol–water partition coefficient (Wildman–Crippen LogP) is 3.38. The highest BCUT2D eigenvalue weighted by atomic mass is 127. The first-order valence-corrected chi connectivity index (χ1v) is 9.48. The Morgan fingerprint density at radius 2 is 2.04 bits per heavy atom. The number of nitrogens with one attached hydrogen (secondary N) is 2. The average molecular weight is 497 g/mol. The van der Waals surface area contributed by atoms with Crippen LogP contribution in [0.5, 0.6) is 0 Å². The molecule has 0 saturated carbocycles. The summed E-state index contributed by atoms with van der Waals surface area (Å²) < 4.78 is 5.41. The molecule has 1 rings (SSSR count). The fourth-order valence-electron chi connectivity index (χ4n) is 1.98. The summed E-state index contributed by atoms with van der Waals surface area (Å²) in [7, 11) is 0. The summed E-state index contributed by atoms with van der Waals surface area (Å²) in [5.41, 5.74) is -0.486. The van der Waals surface area contributed by atoms with Gasteiger partial charge in [0.05, 0.1) is 6.54 Å². The van der Waals surface area contributed by atoms with E-state index in [0.717, 1.165) is 17.5 Å². The topological polar surface area (TPSA) is 78.9 Å². The van der Waals surface area contributed by atoms with Crippen LogP contribution in [0.1, 0.15) is 44.5 Å². The number of hydrogen-bond acceptors (Lipinski definition) is 5. The molecule has 1 aromatic rings. The number of thiazole rings is 1. The molecule has 0 aliphatic carbocycles. The van der Waals surface area contributed by atoms with Crippen molar-refractivity contribution in [3.8, 4) is 0 Å². The molecule has 7 nitrogen and oxygen atoms in total. The first-order chi connectivity index (χ1) is 11.7. The number of likely N-dealkylation sites (N-methyl/N-ethyl adjacent to an activating group) is 1. The van der Waals surface area contributed by atoms with Gasteiger partial charge in [-0.1, -0.05) is 0 Å². The van der Waals surface area contributed by atoms with Gasteiger partial charge < -0.3 is 20.3 Å². The van der Waals surface area contributed by atoms with Gasteiger partial charge >= 0.3 is 6.09 Å². The minimum Gasteiger partial charge on any atom is -0.444 e. The van der Waals surface area contributed by atoms with Gasteiger partial charge in [-0.15, -0.1) is 35.3 Å². The third-order valence-electron chi connectivity index (χ3n) is 3.09. The highest BCUT2D eigenvalue weighted by Gasteiger charge is 2.20. The Morgan fingerprint density at radius 1 is 1.35 bits per heavy atom. The molecule has 0 spiro atoms. The number of carbonyl (C=O) groups excluding carboxylic acids is 1. The average Bonchev–Trinajstić information content (AvgIpc) is 2.92. The largest absolute Gasteiger partial charge is 0.444 e. The van der Waals surface area contributed by atoms with Crippen LogP contribution in [0.4, 0.5) is 4.79 Å². The molecule has 0 atom stereocenters. The number of aromatic nitrogens is 1. The van der Waals surface area contributed by atoms with Crippen LogP contribution in [-0.2, 0) is 11.3 Å². The summed E-state index contributed by atoms with van der Waals surface area (Å²) >= 11 is 1.65. The molecular weight excluding hydrogens is 465 g/mol. The van der Waals surface area contributed by atoms with E-state index >= 15 is 0 Å². The summed E-state index contributed by atoms with van der Waals surface area (Å²) in [6.07, 6.45) is 1.56. The maximum Gasteiger partial charge on any atom is 0.410 e. The van der Waals surface area contributed by atoms with Crippen molar-refractivity contribution in [2.24, 2.45) is 4.99 Å². The second-order valence-corrected chi connectivity index (χ2v) is 7.87. The number of aliphatic imine (C=N–C) groups is 1. The Balaban J connectivity index is 0.00000625. The standard InChI is InChI=1S/C17H31N5O2S.HI/c1-7-18-15(21-12-14-20-11-13(3)25-14)19-9-10-22(8-2)16(23)24-17(4,5)6;/h11H,7-10,12H2,1-6H3,(H2,18,19,21);1H. The van der Waals surface area contributed by atoms with E-state index in [2.05, 4.69) is 20.6 Å². The van der Waals surface area contributed by atoms with Gasteiger partial charge in [-0.2, -0.15) is 0 Å². The monoisotopic (exact) mass is 497 g/mol. The number of nitrogens with zero attached hydrogens (tertiary/aromatic N) is 3. The normalized spacial score (nSPS) is 11.5. The molecule has 0 aliphatic rings. The minimum atomic E-state index is -0.486. The van der Waals surface area contributed by atoms with Gasteiger partial charge in [-0.25, -0.2) is 14.8 Å². The van der Waals surface area contributed by atoms with E-state index in [0.29, 0.717) is 26.2 Å². The van der Waals surface area contributed by atoms with E-state index in [9.17, 15) is 4.79 Å². The molecule has 0 aromatic carbocycles. The van der Waals surface area contributed by atoms with Crippen LogP contribution in [0, 0.1) is 6.92 Å². The van der Waals surface area contributed by atoms with Crippen LogP contribution in [-0.4, -0.2) is 53.7 Å². The molecule has 150 valence electrons. The lowest BCUT2D eigenvalue weighted by Gasteiger charge is -2.26. The molecule has 1 amide bonds. The van der Waals surface area contributed by atoms with Crippen molar-refractivity contribution in [2.45, 2.75) is 53.7 Å². The lowest BCUT2D eigenvalue weighted by atomic mass is 10.2. The van der Waals surface area contributed by atoms with Gasteiger partial charge in [-0.3, -0.25) is 0 Å². The number of guanidine groups is 1. The van der Waals surface area contributed by atoms with Crippen LogP contribution in [0.3, 0.4) is 0 Å². The van der Waals surface area contributed by atoms with Crippen molar-refractivity contribution in [3.63, 3.8) is 0 Å². The molecule has 0 saturated heterocycles. The van der Waals surface area contributed by atoms with Gasteiger partial charge in [0, 0.05) is 37.3 Å². The molecular formula is C17H32IN5O2S. The molecule has 26 heavy (non-hydrogen) atoms. The zero-order chi connectivity index (χ0) is 18.9. The smallest absolute Gasteiger partial charge is 0.410 e. The first-order valence-electron chi connectivity index (χ1n) is 8.66. The molecule has 2 N–H and O–H groups in total. The van der Waals surface area contributed by atoms with E-state index in [1.54, 1.807) is 16.2 Å². The molecule has 0 unspecified atom stereocenters. The lowest BCUT2D eigenvalue weighted by Crippen LogP contribution is -2.44. The maximum atomic E-state index is 12.1. The highest BCUT2D eigenvalue weighted by Crippen LogP contribution is 2.12. The van der Waals surface area contributed by atoms with Gasteiger partial charge in [0.15, 0.2) is 5.96 Å². The number of carbonyl (C=O) groups is 1. The fourth-order valence-corrected chi connectivity index (χ4v) is 2.69. The zero-order valence-electron chi connectivity index (χ0n) is 16.6. The van der Waals surface area contributed by atoms with Crippen molar-refractivity contribution in [1.82, 2.24) is 20.5 Å². The number of aryl methyl sites for hydroxylation is 1. The van der Waals surface area contributed by atoms with Crippen molar-refractivity contribution in [3.05, 3.63) is 16.1 Å². The lowest BCUT2D eigenvalue weighted by molar-refractivity contribution is 0.0264. The van der Waals surface area contributed by atoms with Crippen molar-refractivity contribution < 1.29 is 9.53 Å². The Morgan fingerprint density at radius 3 is 2.54 bits per heavy atom. The molecule has 0 fully saturated rings. The molecule has 0 bridgehead atoms. The van der Waals surface area contributed by atoms with Crippen LogP contribution in [0.15, 0.2) is 11.2 Å². The van der Waals surface area contributed by atoms with E-state index < -0.39 is 5.60 Å². The Kier molecular flexibility index (Phi) is 11.8. The van der Waals surface area contributed by atoms with E-state index in [1.807, 2.05) is 47.7 Å². The van der Waals surface area contributed by atoms with Gasteiger partial charge in [0.2, 0.25) is 0 Å². The number of rotatable bonds is 7. The summed E-state index contributed by atoms with van der Waals surface area (Å²) in [4.78, 5) is 23.8. The predicted molar refractivity (Wildman–Crippen MR) is 119 cm³/mol. The van der Waals surface area contributed by atoms with E-state index in [-0.39, 0.29) is 30.1 Å². The molecule has 9 heteroatoms. The quantitative estimate of drug-likeness (QED) is 0.343. The minimum absolute atomic E-state index is 0. The first kappa shape index (κ1) is 24.9. The third kappa shape index (κ3) is 10.1. The Bertz CT molecular complexity index is 572. The van der Waals surface area contributed by atoms with Crippen LogP contribution in [0.25, 0.3) is 0 Å². The van der Waals surface area contributed by atoms with E-state index in [4.69, 9.17) is 4.74 Å². The number of amides is 1. The van der Waals surface area contributed by atoms with Crippen molar-refractivity contribution in [1.29, 1.82) is 0 Å². The van der Waals surface area contributed by atoms with Crippen molar-refractivity contribution in [2.75, 3.05) is 26.2 Å². The summed E-state index contributed by atoms with van der Waals surface area (Å²) in [6.45, 7) is 14.6. The SMILES string of the molecule is CCNC(=NCc1ncc(C)s1)NCCN(CC)C(=O)OC(C)(C)C.I. The summed E-state index contributed by atoms with van der Waals surface area (Å²) in [5, 5.41) is 7.43. The van der Waals surface area contributed by atoms with E-state index in [1.165, 1.54) is 4.88 Å². The zero-order valence-corrected chi connectivity index (χ0v) is 19.7. The number of halogens is 1. The van der Waals surface area contributed by atoms with Crippen LogP contribution in [0.2, 0.25) is 0 Å². The summed E-state index contributed by atoms with van der Waals surface area (Å²) in [5.74, 6) is 0.718. The highest BCUT2D eigenvalue weighted by molar-refractivity contribution is 14.0. The Labute approximate surface area is 178 Å². The molecule has 0 radical (unpaired) electrons. The van der Waals surface area contributed by atoms with Gasteiger partial charge in [0.1, 0.15) is 10.6 Å². The molecule has 1 aromatic heterocycles. The second kappa shape index (κ2) is 12.3. The molecule has 1 heterocycles. The maximum absolute atomic E-state index is 12.1. The van der Waals surface area contributed by atoms with Crippen LogP contribution < -0.4 is 10.6 Å². The second-order valence-electron chi connectivity index (χ2n) is 6.55. The Hall–Kier alpha value is -1.10. The number of hydrogen-bond donors (Lipinski definition) is 2.